The van der Waals surface area contributed by atoms with Crippen LogP contribution in [0.2, 0.25) is 0 Å². The van der Waals surface area contributed by atoms with Crippen LogP contribution in [0.5, 0.6) is 0 Å². The lowest BCUT2D eigenvalue weighted by Gasteiger charge is -2.00. The van der Waals surface area contributed by atoms with Crippen LogP contribution in [-0.2, 0) is 17.6 Å². The predicted molar refractivity (Wildman–Crippen MR) is 57.7 cm³/mol. The first kappa shape index (κ1) is 11.7. The first-order valence-corrected chi connectivity index (χ1v) is 5.00. The maximum atomic E-state index is 9.00. The van der Waals surface area contributed by atoms with Crippen LogP contribution >= 0.6 is 0 Å². The minimum Gasteiger partial charge on any atom is -0.481 e. The van der Waals surface area contributed by atoms with Crippen molar-refractivity contribution in [3.05, 3.63) is 35.4 Å². The van der Waals surface area contributed by atoms with E-state index in [-0.39, 0.29) is 0 Å². The summed E-state index contributed by atoms with van der Waals surface area (Å²) >= 11 is 0. The Morgan fingerprint density at radius 2 is 1.73 bits per heavy atom. The summed E-state index contributed by atoms with van der Waals surface area (Å²) in [5, 5.41) is 16.4. The lowest BCUT2D eigenvalue weighted by molar-refractivity contribution is -0.134. The Labute approximate surface area is 89.4 Å². The number of aliphatic hydroxyl groups is 1. The number of fused-ring (bicyclic) bond motifs is 1. The predicted octanol–water partition coefficient (Wildman–Crippen LogP) is 1.48. The van der Waals surface area contributed by atoms with Gasteiger partial charge in [-0.05, 0) is 29.9 Å². The van der Waals surface area contributed by atoms with Crippen LogP contribution < -0.4 is 0 Å². The molecule has 1 aromatic rings. The van der Waals surface area contributed by atoms with Gasteiger partial charge in [0.2, 0.25) is 0 Å². The Morgan fingerprint density at radius 3 is 2.07 bits per heavy atom. The van der Waals surface area contributed by atoms with Gasteiger partial charge >= 0.3 is 0 Å². The molecule has 0 aromatic heterocycles. The van der Waals surface area contributed by atoms with Gasteiger partial charge in [-0.15, -0.1) is 0 Å². The molecular weight excluding hydrogens is 192 g/mol. The molecule has 82 valence electrons. The summed E-state index contributed by atoms with van der Waals surface area (Å²) in [4.78, 5) is 9.00. The van der Waals surface area contributed by atoms with Crippen molar-refractivity contribution >= 4 is 5.97 Å². The molecular formula is C12H16O3. The van der Waals surface area contributed by atoms with Crippen molar-refractivity contribution in [2.75, 3.05) is 6.61 Å². The van der Waals surface area contributed by atoms with E-state index in [0.29, 0.717) is 12.5 Å². The molecule has 3 nitrogen and oxygen atoms in total. The number of hydrogen-bond donors (Lipinski definition) is 2. The molecule has 2 N–H and O–H groups in total. The lowest BCUT2D eigenvalue weighted by Crippen LogP contribution is -2.04. The third-order valence-electron chi connectivity index (χ3n) is 2.39. The molecule has 0 spiro atoms. The summed E-state index contributed by atoms with van der Waals surface area (Å²) in [5.41, 5.74) is 2.85. The van der Waals surface area contributed by atoms with Crippen molar-refractivity contribution in [1.82, 2.24) is 0 Å². The Bertz CT molecular complexity index is 304. The number of rotatable bonds is 1. The molecule has 1 aliphatic carbocycles. The summed E-state index contributed by atoms with van der Waals surface area (Å²) < 4.78 is 0. The van der Waals surface area contributed by atoms with Gasteiger partial charge in [0.25, 0.3) is 5.97 Å². The van der Waals surface area contributed by atoms with Crippen molar-refractivity contribution in [2.45, 2.75) is 19.8 Å². The fourth-order valence-corrected chi connectivity index (χ4v) is 1.78. The van der Waals surface area contributed by atoms with Gasteiger partial charge < -0.3 is 10.2 Å². The Morgan fingerprint density at radius 1 is 1.33 bits per heavy atom. The lowest BCUT2D eigenvalue weighted by atomic mass is 10.1. The first-order chi connectivity index (χ1) is 7.13. The topological polar surface area (TPSA) is 57.5 Å². The molecule has 0 bridgehead atoms. The first-order valence-electron chi connectivity index (χ1n) is 5.00. The molecule has 0 saturated carbocycles. The molecule has 0 atom stereocenters. The number of aliphatic hydroxyl groups excluding tert-OH is 1. The van der Waals surface area contributed by atoms with E-state index in [0.717, 1.165) is 19.8 Å². The SMILES string of the molecule is CC(=O)O.OCC1Cc2ccccc2C1. The average Bonchev–Trinajstić information content (AvgIpc) is 2.59. The minimum atomic E-state index is -0.833. The van der Waals surface area contributed by atoms with Gasteiger partial charge in [-0.25, -0.2) is 0 Å². The van der Waals surface area contributed by atoms with Crippen LogP contribution in [0.1, 0.15) is 18.1 Å². The summed E-state index contributed by atoms with van der Waals surface area (Å²) in [5.74, 6) is -0.354. The second-order valence-corrected chi connectivity index (χ2v) is 3.74. The molecule has 2 rings (SSSR count). The van der Waals surface area contributed by atoms with E-state index in [1.54, 1.807) is 0 Å². The minimum absolute atomic E-state index is 0.328. The zero-order valence-corrected chi connectivity index (χ0v) is 8.81. The summed E-state index contributed by atoms with van der Waals surface area (Å²) in [6.07, 6.45) is 2.12. The van der Waals surface area contributed by atoms with E-state index < -0.39 is 5.97 Å². The summed E-state index contributed by atoms with van der Waals surface area (Å²) in [6.45, 7) is 1.41. The Balaban J connectivity index is 0.000000245. The molecule has 3 heteroatoms. The van der Waals surface area contributed by atoms with Gasteiger partial charge in [0.1, 0.15) is 0 Å². The van der Waals surface area contributed by atoms with Crippen LogP contribution in [-0.4, -0.2) is 22.8 Å². The van der Waals surface area contributed by atoms with Gasteiger partial charge in [-0.2, -0.15) is 0 Å². The summed E-state index contributed by atoms with van der Waals surface area (Å²) in [7, 11) is 0. The highest BCUT2D eigenvalue weighted by atomic mass is 16.4. The highest BCUT2D eigenvalue weighted by Crippen LogP contribution is 2.25. The van der Waals surface area contributed by atoms with Crippen LogP contribution in [0.4, 0.5) is 0 Å². The summed E-state index contributed by atoms with van der Waals surface area (Å²) in [6, 6.07) is 8.45. The van der Waals surface area contributed by atoms with Gasteiger partial charge in [-0.1, -0.05) is 24.3 Å². The van der Waals surface area contributed by atoms with Crippen LogP contribution in [0.25, 0.3) is 0 Å². The molecule has 0 unspecified atom stereocenters. The Kier molecular flexibility index (Phi) is 4.31. The highest BCUT2D eigenvalue weighted by Gasteiger charge is 2.19. The van der Waals surface area contributed by atoms with Crippen molar-refractivity contribution < 1.29 is 15.0 Å². The van der Waals surface area contributed by atoms with Crippen molar-refractivity contribution in [2.24, 2.45) is 5.92 Å². The number of carboxylic acid groups (broad SMARTS) is 1. The molecule has 0 aliphatic heterocycles. The van der Waals surface area contributed by atoms with E-state index in [9.17, 15) is 0 Å². The largest absolute Gasteiger partial charge is 0.481 e. The van der Waals surface area contributed by atoms with Crippen molar-refractivity contribution in [1.29, 1.82) is 0 Å². The number of hydrogen-bond acceptors (Lipinski definition) is 2. The van der Waals surface area contributed by atoms with E-state index in [4.69, 9.17) is 15.0 Å². The molecule has 0 saturated heterocycles. The number of benzene rings is 1. The number of aliphatic carboxylic acids is 1. The number of carbonyl (C=O) groups is 1. The van der Waals surface area contributed by atoms with Crippen LogP contribution in [0.15, 0.2) is 24.3 Å². The standard InChI is InChI=1S/C10H12O.C2H4O2/c11-7-8-5-9-3-1-2-4-10(9)6-8;1-2(3)4/h1-4,8,11H,5-7H2;1H3,(H,3,4). The fourth-order valence-electron chi connectivity index (χ4n) is 1.78. The van der Waals surface area contributed by atoms with Crippen LogP contribution in [0, 0.1) is 5.92 Å². The fraction of sp³-hybridized carbons (Fsp3) is 0.417. The van der Waals surface area contributed by atoms with Gasteiger partial charge in [0.05, 0.1) is 0 Å². The second kappa shape index (κ2) is 5.51. The number of carboxylic acids is 1. The molecule has 0 radical (unpaired) electrons. The smallest absolute Gasteiger partial charge is 0.300 e. The van der Waals surface area contributed by atoms with Crippen molar-refractivity contribution in [3.63, 3.8) is 0 Å². The maximum absolute atomic E-state index is 9.00. The van der Waals surface area contributed by atoms with Gasteiger partial charge in [0, 0.05) is 13.5 Å². The molecule has 0 fully saturated rings. The molecule has 1 aliphatic rings. The van der Waals surface area contributed by atoms with E-state index in [2.05, 4.69) is 24.3 Å². The molecule has 1 aromatic carbocycles. The normalized spacial score (nSPS) is 14.0. The Hall–Kier alpha value is -1.35. The van der Waals surface area contributed by atoms with Gasteiger partial charge in [-0.3, -0.25) is 4.79 Å². The van der Waals surface area contributed by atoms with Crippen LogP contribution in [0.3, 0.4) is 0 Å². The average molecular weight is 208 g/mol. The van der Waals surface area contributed by atoms with E-state index >= 15 is 0 Å². The van der Waals surface area contributed by atoms with Gasteiger partial charge in [0.15, 0.2) is 0 Å². The van der Waals surface area contributed by atoms with E-state index in [1.807, 2.05) is 0 Å². The highest BCUT2D eigenvalue weighted by molar-refractivity contribution is 5.62. The maximum Gasteiger partial charge on any atom is 0.300 e. The zero-order valence-electron chi connectivity index (χ0n) is 8.81. The van der Waals surface area contributed by atoms with Crippen molar-refractivity contribution in [3.8, 4) is 0 Å². The molecule has 15 heavy (non-hydrogen) atoms. The zero-order chi connectivity index (χ0) is 11.3. The van der Waals surface area contributed by atoms with E-state index in [1.165, 1.54) is 11.1 Å². The third-order valence-corrected chi connectivity index (χ3v) is 2.39. The monoisotopic (exact) mass is 208 g/mol. The molecule has 0 amide bonds. The molecule has 0 heterocycles. The second-order valence-electron chi connectivity index (χ2n) is 3.74. The third kappa shape index (κ3) is 3.72. The quantitative estimate of drug-likeness (QED) is 0.735.